The van der Waals surface area contributed by atoms with Gasteiger partial charge < -0.3 is 4.74 Å². The summed E-state index contributed by atoms with van der Waals surface area (Å²) < 4.78 is 9.40. The smallest absolute Gasteiger partial charge is 0.0876 e. The number of aryl methyl sites for hydroxylation is 1. The molecule has 0 radical (unpaired) electrons. The zero-order valence-corrected chi connectivity index (χ0v) is 10.8. The molecule has 0 aliphatic carbocycles. The van der Waals surface area contributed by atoms with Gasteiger partial charge in [-0.1, -0.05) is 17.8 Å². The molecule has 0 fully saturated rings. The highest BCUT2D eigenvalue weighted by atomic mass is 32.1. The van der Waals surface area contributed by atoms with Gasteiger partial charge >= 0.3 is 0 Å². The summed E-state index contributed by atoms with van der Waals surface area (Å²) in [6.07, 6.45) is 5.88. The highest BCUT2D eigenvalue weighted by Crippen LogP contribution is 2.31. The Labute approximate surface area is 105 Å². The summed E-state index contributed by atoms with van der Waals surface area (Å²) in [4.78, 5) is 1.12. The van der Waals surface area contributed by atoms with Crippen LogP contribution in [0.3, 0.4) is 0 Å². The molecular formula is C11H18N4OS. The van der Waals surface area contributed by atoms with Crippen molar-refractivity contribution in [1.82, 2.24) is 15.0 Å². The molecular weight excluding hydrogens is 236 g/mol. The Morgan fingerprint density at radius 2 is 2.53 bits per heavy atom. The molecule has 1 atom stereocenters. The van der Waals surface area contributed by atoms with E-state index >= 15 is 0 Å². The molecule has 1 aromatic rings. The number of hydrogen-bond acceptors (Lipinski definition) is 6. The van der Waals surface area contributed by atoms with Gasteiger partial charge in [-0.25, -0.2) is 5.43 Å². The molecule has 2 heterocycles. The normalized spacial score (nSPS) is 17.4. The van der Waals surface area contributed by atoms with E-state index < -0.39 is 0 Å². The maximum Gasteiger partial charge on any atom is 0.0876 e. The minimum atomic E-state index is -0.00292. The largest absolute Gasteiger partial charge is 0.501 e. The molecule has 2 rings (SSSR count). The molecule has 3 N–H and O–H groups in total. The molecule has 1 aliphatic heterocycles. The zero-order chi connectivity index (χ0) is 12.1. The maximum absolute atomic E-state index is 5.66. The molecule has 5 nitrogen and oxygen atoms in total. The van der Waals surface area contributed by atoms with Crippen molar-refractivity contribution in [2.24, 2.45) is 5.84 Å². The summed E-state index contributed by atoms with van der Waals surface area (Å²) >= 11 is 1.42. The van der Waals surface area contributed by atoms with Crippen LogP contribution in [0.4, 0.5) is 0 Å². The van der Waals surface area contributed by atoms with Crippen LogP contribution in [-0.2, 0) is 11.2 Å². The van der Waals surface area contributed by atoms with Gasteiger partial charge in [0.1, 0.15) is 0 Å². The first-order valence-electron chi connectivity index (χ1n) is 5.94. The predicted octanol–water partition coefficient (Wildman–Crippen LogP) is 1.69. The second-order valence-corrected chi connectivity index (χ2v) is 4.89. The first kappa shape index (κ1) is 12.5. The van der Waals surface area contributed by atoms with Gasteiger partial charge in [0.25, 0.3) is 0 Å². The van der Waals surface area contributed by atoms with E-state index in [9.17, 15) is 0 Å². The van der Waals surface area contributed by atoms with Gasteiger partial charge in [0.2, 0.25) is 0 Å². The summed E-state index contributed by atoms with van der Waals surface area (Å²) in [5.41, 5.74) is 5.09. The number of nitrogens with zero attached hydrogens (tertiary/aromatic N) is 2. The Kier molecular flexibility index (Phi) is 4.47. The van der Waals surface area contributed by atoms with E-state index in [1.807, 2.05) is 6.26 Å². The lowest BCUT2D eigenvalue weighted by Gasteiger charge is -2.21. The van der Waals surface area contributed by atoms with Crippen LogP contribution in [0, 0.1) is 0 Å². The van der Waals surface area contributed by atoms with Gasteiger partial charge in [0, 0.05) is 0 Å². The van der Waals surface area contributed by atoms with Crippen molar-refractivity contribution in [2.75, 3.05) is 6.61 Å². The molecule has 17 heavy (non-hydrogen) atoms. The molecule has 6 heteroatoms. The standard InChI is InChI=1S/C11H18N4OS/c1-2-4-9-11(17-15-14-9)10(13-12)8-5-3-6-16-7-8/h7,10,13H,2-6,12H2,1H3. The lowest BCUT2D eigenvalue weighted by Crippen LogP contribution is -2.30. The van der Waals surface area contributed by atoms with Gasteiger partial charge in [0.05, 0.1) is 29.5 Å². The van der Waals surface area contributed by atoms with Crippen molar-refractivity contribution in [3.63, 3.8) is 0 Å². The molecule has 1 aliphatic rings. The van der Waals surface area contributed by atoms with E-state index in [0.29, 0.717) is 0 Å². The van der Waals surface area contributed by atoms with E-state index in [4.69, 9.17) is 10.6 Å². The topological polar surface area (TPSA) is 73.1 Å². The van der Waals surface area contributed by atoms with Crippen LogP contribution < -0.4 is 11.3 Å². The molecule has 0 amide bonds. The summed E-state index contributed by atoms with van der Waals surface area (Å²) in [7, 11) is 0. The summed E-state index contributed by atoms with van der Waals surface area (Å²) in [6, 6.07) is -0.00292. The Hall–Kier alpha value is -0.980. The van der Waals surface area contributed by atoms with Crippen molar-refractivity contribution < 1.29 is 4.74 Å². The number of aromatic nitrogens is 2. The predicted molar refractivity (Wildman–Crippen MR) is 67.2 cm³/mol. The number of hydrazine groups is 1. The molecule has 0 saturated heterocycles. The number of nitrogens with two attached hydrogens (primary N) is 1. The van der Waals surface area contributed by atoms with E-state index in [0.717, 1.165) is 42.9 Å². The fourth-order valence-corrected chi connectivity index (χ4v) is 2.79. The highest BCUT2D eigenvalue weighted by Gasteiger charge is 2.23. The number of rotatable bonds is 5. The van der Waals surface area contributed by atoms with Crippen LogP contribution in [-0.4, -0.2) is 16.2 Å². The van der Waals surface area contributed by atoms with Crippen LogP contribution in [0.15, 0.2) is 11.8 Å². The van der Waals surface area contributed by atoms with Crippen molar-refractivity contribution in [1.29, 1.82) is 0 Å². The van der Waals surface area contributed by atoms with Gasteiger partial charge in [0.15, 0.2) is 0 Å². The monoisotopic (exact) mass is 254 g/mol. The number of ether oxygens (including phenoxy) is 1. The Morgan fingerprint density at radius 3 is 3.18 bits per heavy atom. The maximum atomic E-state index is 5.66. The van der Waals surface area contributed by atoms with Crippen LogP contribution >= 0.6 is 11.5 Å². The van der Waals surface area contributed by atoms with Crippen molar-refractivity contribution >= 4 is 11.5 Å². The molecule has 0 bridgehead atoms. The van der Waals surface area contributed by atoms with Crippen molar-refractivity contribution in [2.45, 2.75) is 38.6 Å². The molecule has 0 aromatic carbocycles. The second kappa shape index (κ2) is 6.09. The summed E-state index contributed by atoms with van der Waals surface area (Å²) in [5.74, 6) is 5.66. The molecule has 94 valence electrons. The van der Waals surface area contributed by atoms with Gasteiger partial charge in [-0.2, -0.15) is 0 Å². The second-order valence-electron chi connectivity index (χ2n) is 4.10. The quantitative estimate of drug-likeness (QED) is 0.618. The third kappa shape index (κ3) is 2.83. The van der Waals surface area contributed by atoms with E-state index in [1.165, 1.54) is 17.1 Å². The molecule has 0 saturated carbocycles. The third-order valence-electron chi connectivity index (χ3n) is 2.83. The Bertz CT molecular complexity index is 391. The fraction of sp³-hybridized carbons (Fsp3) is 0.636. The van der Waals surface area contributed by atoms with E-state index in [-0.39, 0.29) is 6.04 Å². The minimum absolute atomic E-state index is 0.00292. The number of hydrogen-bond donors (Lipinski definition) is 2. The van der Waals surface area contributed by atoms with Gasteiger partial charge in [-0.3, -0.25) is 5.84 Å². The SMILES string of the molecule is CCCc1nnsc1C(NN)C1=COCCC1. The summed E-state index contributed by atoms with van der Waals surface area (Å²) in [5, 5.41) is 4.17. The lowest BCUT2D eigenvalue weighted by molar-refractivity contribution is 0.219. The molecule has 1 unspecified atom stereocenters. The summed E-state index contributed by atoms with van der Waals surface area (Å²) in [6.45, 7) is 2.93. The van der Waals surface area contributed by atoms with Crippen LogP contribution in [0.1, 0.15) is 42.8 Å². The van der Waals surface area contributed by atoms with E-state index in [2.05, 4.69) is 21.9 Å². The first-order valence-corrected chi connectivity index (χ1v) is 6.72. The number of nitrogens with one attached hydrogen (secondary N) is 1. The highest BCUT2D eigenvalue weighted by molar-refractivity contribution is 7.05. The van der Waals surface area contributed by atoms with E-state index in [1.54, 1.807) is 0 Å². The molecule has 1 aromatic heterocycles. The minimum Gasteiger partial charge on any atom is -0.501 e. The molecule has 0 spiro atoms. The average molecular weight is 254 g/mol. The first-order chi connectivity index (χ1) is 8.36. The van der Waals surface area contributed by atoms with Crippen molar-refractivity contribution in [3.05, 3.63) is 22.4 Å². The van der Waals surface area contributed by atoms with Crippen LogP contribution in [0.2, 0.25) is 0 Å². The van der Waals surface area contributed by atoms with Crippen molar-refractivity contribution in [3.8, 4) is 0 Å². The fourth-order valence-electron chi connectivity index (χ4n) is 1.99. The van der Waals surface area contributed by atoms with Crippen LogP contribution in [0.5, 0.6) is 0 Å². The lowest BCUT2D eigenvalue weighted by atomic mass is 9.99. The van der Waals surface area contributed by atoms with Crippen LogP contribution in [0.25, 0.3) is 0 Å². The Morgan fingerprint density at radius 1 is 1.65 bits per heavy atom. The van der Waals surface area contributed by atoms with Gasteiger partial charge in [-0.05, 0) is 36.4 Å². The third-order valence-corrected chi connectivity index (χ3v) is 3.67. The Balaban J connectivity index is 2.21. The average Bonchev–Trinajstić information content (AvgIpc) is 2.81. The van der Waals surface area contributed by atoms with Gasteiger partial charge in [-0.15, -0.1) is 5.10 Å². The zero-order valence-electron chi connectivity index (χ0n) is 9.98.